The van der Waals surface area contributed by atoms with Crippen LogP contribution in [0, 0.1) is 0 Å². The summed E-state index contributed by atoms with van der Waals surface area (Å²) in [5.41, 5.74) is 1.44. The van der Waals surface area contributed by atoms with Crippen molar-refractivity contribution in [1.29, 1.82) is 0 Å². The lowest BCUT2D eigenvalue weighted by atomic mass is 10.1. The van der Waals surface area contributed by atoms with Crippen molar-refractivity contribution in [2.45, 2.75) is 19.6 Å². The molecule has 0 aliphatic rings. The van der Waals surface area contributed by atoms with Crippen LogP contribution in [0.15, 0.2) is 165 Å². The molecule has 0 fully saturated rings. The van der Waals surface area contributed by atoms with E-state index in [0.29, 0.717) is 23.0 Å². The predicted molar refractivity (Wildman–Crippen MR) is 172 cm³/mol. The highest BCUT2D eigenvalue weighted by molar-refractivity contribution is 7.91. The van der Waals surface area contributed by atoms with E-state index in [1.807, 2.05) is 0 Å². The number of aromatic hydroxyl groups is 2. The maximum absolute atomic E-state index is 13.3. The van der Waals surface area contributed by atoms with Gasteiger partial charge in [0.15, 0.2) is 0 Å². The minimum absolute atomic E-state index is 0.104. The molecule has 6 aromatic carbocycles. The van der Waals surface area contributed by atoms with Gasteiger partial charge in [-0.05, 0) is 132 Å². The van der Waals surface area contributed by atoms with Crippen molar-refractivity contribution in [2.75, 3.05) is 0 Å². The van der Waals surface area contributed by atoms with Crippen molar-refractivity contribution in [3.63, 3.8) is 0 Å². The smallest absolute Gasteiger partial charge is 0.206 e. The summed E-state index contributed by atoms with van der Waals surface area (Å²) in [4.78, 5) is 0.432. The number of hydrogen-bond donors (Lipinski definition) is 2. The van der Waals surface area contributed by atoms with Crippen LogP contribution in [0.2, 0.25) is 0 Å². The molecule has 0 bridgehead atoms. The van der Waals surface area contributed by atoms with Gasteiger partial charge in [0.05, 0.1) is 19.6 Å². The molecule has 0 atom stereocenters. The zero-order valence-corrected chi connectivity index (χ0v) is 25.6. The van der Waals surface area contributed by atoms with Crippen LogP contribution in [-0.4, -0.2) is 27.0 Å². The van der Waals surface area contributed by atoms with Crippen LogP contribution in [0.25, 0.3) is 11.1 Å². The van der Waals surface area contributed by atoms with E-state index in [2.05, 4.69) is 0 Å². The van der Waals surface area contributed by atoms with E-state index in [1.54, 1.807) is 72.8 Å². The van der Waals surface area contributed by atoms with Crippen molar-refractivity contribution in [3.8, 4) is 45.6 Å². The van der Waals surface area contributed by atoms with Crippen LogP contribution in [0.3, 0.4) is 0 Å². The molecule has 10 heteroatoms. The highest BCUT2D eigenvalue weighted by Gasteiger charge is 2.20. The monoisotopic (exact) mass is 650 g/mol. The van der Waals surface area contributed by atoms with Crippen molar-refractivity contribution >= 4 is 19.7 Å². The summed E-state index contributed by atoms with van der Waals surface area (Å²) in [6.07, 6.45) is 0. The van der Waals surface area contributed by atoms with E-state index in [0.717, 1.165) is 11.1 Å². The Bertz CT molecular complexity index is 2010. The molecule has 0 amide bonds. The van der Waals surface area contributed by atoms with Gasteiger partial charge in [0, 0.05) is 0 Å². The van der Waals surface area contributed by atoms with Crippen molar-refractivity contribution in [2.24, 2.45) is 0 Å². The normalized spacial score (nSPS) is 11.6. The maximum atomic E-state index is 13.3. The Balaban J connectivity index is 1.13. The van der Waals surface area contributed by atoms with Gasteiger partial charge in [-0.15, -0.1) is 0 Å². The fourth-order valence-corrected chi connectivity index (χ4v) is 7.12. The second kappa shape index (κ2) is 12.4. The zero-order valence-electron chi connectivity index (χ0n) is 24.0. The van der Waals surface area contributed by atoms with Crippen LogP contribution < -0.4 is 9.47 Å². The van der Waals surface area contributed by atoms with Gasteiger partial charge in [0.2, 0.25) is 19.7 Å². The van der Waals surface area contributed by atoms with Crippen LogP contribution in [0.1, 0.15) is 0 Å². The Labute approximate surface area is 266 Å². The standard InChI is InChI=1S/C36H26O8S2/c37-27-5-9-29(10-6-27)43-31-13-21-35(22-14-31)45(39,40)33-17-1-25(2-18-33)26-3-19-34(20-4-26)46(41,42)36-23-15-32(16-24-36)44-30-11-7-28(38)8-12-30/h1-24,37-38H. The highest BCUT2D eigenvalue weighted by Crippen LogP contribution is 2.31. The molecule has 0 saturated heterocycles. The van der Waals surface area contributed by atoms with Crippen LogP contribution in [0.4, 0.5) is 0 Å². The lowest BCUT2D eigenvalue weighted by Crippen LogP contribution is -2.02. The van der Waals surface area contributed by atoms with E-state index in [9.17, 15) is 27.0 Å². The topological polar surface area (TPSA) is 127 Å². The van der Waals surface area contributed by atoms with Gasteiger partial charge in [-0.3, -0.25) is 0 Å². The molecule has 0 spiro atoms. The van der Waals surface area contributed by atoms with Gasteiger partial charge in [-0.2, -0.15) is 0 Å². The number of hydrogen-bond acceptors (Lipinski definition) is 8. The zero-order chi connectivity index (χ0) is 32.3. The van der Waals surface area contributed by atoms with E-state index >= 15 is 0 Å². The number of ether oxygens (including phenoxy) is 2. The van der Waals surface area contributed by atoms with Crippen molar-refractivity contribution in [3.05, 3.63) is 146 Å². The number of benzene rings is 6. The first kappa shape index (κ1) is 30.4. The largest absolute Gasteiger partial charge is 0.508 e. The molecule has 0 aliphatic heterocycles. The number of phenols is 2. The lowest BCUT2D eigenvalue weighted by molar-refractivity contribution is 0.464. The molecule has 6 rings (SSSR count). The molecule has 230 valence electrons. The summed E-state index contributed by atoms with van der Waals surface area (Å²) in [5.74, 6) is 2.12. The molecule has 0 aromatic heterocycles. The molecule has 2 N–H and O–H groups in total. The molecular formula is C36H26O8S2. The Hall–Kier alpha value is -5.58. The van der Waals surface area contributed by atoms with Crippen molar-refractivity contribution < 1.29 is 36.5 Å². The Kier molecular flexibility index (Phi) is 8.23. The minimum Gasteiger partial charge on any atom is -0.508 e. The van der Waals surface area contributed by atoms with Gasteiger partial charge in [0.25, 0.3) is 0 Å². The third kappa shape index (κ3) is 6.58. The Morgan fingerprint density at radius 3 is 0.804 bits per heavy atom. The molecule has 0 radical (unpaired) electrons. The Morgan fingerprint density at radius 2 is 0.543 bits per heavy atom. The molecular weight excluding hydrogens is 625 g/mol. The maximum Gasteiger partial charge on any atom is 0.206 e. The first-order valence-corrected chi connectivity index (χ1v) is 16.9. The molecule has 46 heavy (non-hydrogen) atoms. The quantitative estimate of drug-likeness (QED) is 0.161. The fourth-order valence-electron chi connectivity index (χ4n) is 4.60. The van der Waals surface area contributed by atoms with Gasteiger partial charge in [-0.1, -0.05) is 24.3 Å². The SMILES string of the molecule is O=S(=O)(c1ccc(Oc2ccc(O)cc2)cc1)c1ccc(-c2ccc(S(=O)(=O)c3ccc(Oc4ccc(O)cc4)cc3)cc2)cc1. The van der Waals surface area contributed by atoms with Gasteiger partial charge in [-0.25, -0.2) is 16.8 Å². The summed E-state index contributed by atoms with van der Waals surface area (Å²) in [7, 11) is -7.60. The van der Waals surface area contributed by atoms with E-state index in [1.165, 1.54) is 72.8 Å². The number of phenolic OH excluding ortho intramolecular Hbond substituents is 2. The molecule has 0 saturated carbocycles. The molecule has 8 nitrogen and oxygen atoms in total. The van der Waals surface area contributed by atoms with Gasteiger partial charge >= 0.3 is 0 Å². The average Bonchev–Trinajstić information content (AvgIpc) is 3.07. The number of rotatable bonds is 9. The third-order valence-electron chi connectivity index (χ3n) is 7.08. The van der Waals surface area contributed by atoms with E-state index < -0.39 is 19.7 Å². The van der Waals surface area contributed by atoms with Gasteiger partial charge in [0.1, 0.15) is 34.5 Å². The van der Waals surface area contributed by atoms with E-state index in [4.69, 9.17) is 9.47 Å². The van der Waals surface area contributed by atoms with Crippen LogP contribution >= 0.6 is 0 Å². The first-order chi connectivity index (χ1) is 22.1. The molecule has 0 unspecified atom stereocenters. The number of sulfone groups is 2. The van der Waals surface area contributed by atoms with Crippen LogP contribution in [0.5, 0.6) is 34.5 Å². The fraction of sp³-hybridized carbons (Fsp3) is 0. The second-order valence-electron chi connectivity index (χ2n) is 10.2. The minimum atomic E-state index is -3.80. The molecule has 0 heterocycles. The molecule has 6 aromatic rings. The second-order valence-corrected chi connectivity index (χ2v) is 14.1. The Morgan fingerprint density at radius 1 is 0.326 bits per heavy atom. The summed E-state index contributed by atoms with van der Waals surface area (Å²) >= 11 is 0. The summed E-state index contributed by atoms with van der Waals surface area (Å²) < 4.78 is 64.4. The summed E-state index contributed by atoms with van der Waals surface area (Å²) in [5, 5.41) is 18.8. The van der Waals surface area contributed by atoms with Crippen LogP contribution in [-0.2, 0) is 19.7 Å². The van der Waals surface area contributed by atoms with Crippen molar-refractivity contribution in [1.82, 2.24) is 0 Å². The lowest BCUT2D eigenvalue weighted by Gasteiger charge is -2.10. The summed E-state index contributed by atoms with van der Waals surface area (Å²) in [6, 6.07) is 37.2. The molecule has 0 aliphatic carbocycles. The predicted octanol–water partition coefficient (Wildman–Crippen LogP) is 8.02. The van der Waals surface area contributed by atoms with Gasteiger partial charge < -0.3 is 19.7 Å². The summed E-state index contributed by atoms with van der Waals surface area (Å²) in [6.45, 7) is 0. The first-order valence-electron chi connectivity index (χ1n) is 13.9. The highest BCUT2D eigenvalue weighted by atomic mass is 32.2. The third-order valence-corrected chi connectivity index (χ3v) is 10.6. The average molecular weight is 651 g/mol. The van der Waals surface area contributed by atoms with E-state index in [-0.39, 0.29) is 31.1 Å².